The molecule has 31 heavy (non-hydrogen) atoms. The highest BCUT2D eigenvalue weighted by Gasteiger charge is 2.30. The molecule has 0 N–H and O–H groups in total. The molecule has 0 aromatic heterocycles. The lowest BCUT2D eigenvalue weighted by Crippen LogP contribution is -2.39. The van der Waals surface area contributed by atoms with Gasteiger partial charge in [0.2, 0.25) is 0 Å². The van der Waals surface area contributed by atoms with Gasteiger partial charge in [0.15, 0.2) is 0 Å². The second kappa shape index (κ2) is 9.86. The number of nitrogens with zero attached hydrogens (tertiary/aromatic N) is 1. The van der Waals surface area contributed by atoms with Crippen LogP contribution in [0.1, 0.15) is 124 Å². The van der Waals surface area contributed by atoms with E-state index in [1.165, 1.54) is 58.2 Å². The number of hydrogen-bond donors (Lipinski definition) is 0. The summed E-state index contributed by atoms with van der Waals surface area (Å²) in [5.41, 5.74) is 9.73. The van der Waals surface area contributed by atoms with Crippen LogP contribution in [0.15, 0.2) is 30.3 Å². The zero-order valence-electron chi connectivity index (χ0n) is 20.9. The lowest BCUT2D eigenvalue weighted by Gasteiger charge is -2.40. The van der Waals surface area contributed by atoms with Crippen molar-refractivity contribution in [3.63, 3.8) is 0 Å². The first kappa shape index (κ1) is 24.0. The molecular weight excluding hydrogens is 394 g/mol. The van der Waals surface area contributed by atoms with Gasteiger partial charge in [-0.15, -0.1) is 0 Å². The molecule has 0 aliphatic carbocycles. The van der Waals surface area contributed by atoms with Crippen LogP contribution in [0.5, 0.6) is 0 Å². The van der Waals surface area contributed by atoms with Crippen LogP contribution in [0.2, 0.25) is 0 Å². The first-order chi connectivity index (χ1) is 14.6. The van der Waals surface area contributed by atoms with E-state index in [2.05, 4.69) is 90.6 Å². The Balaban J connectivity index is 2.13. The van der Waals surface area contributed by atoms with Crippen molar-refractivity contribution in [2.45, 2.75) is 98.4 Å². The highest BCUT2D eigenvalue weighted by molar-refractivity contribution is 7.80. The maximum absolute atomic E-state index is 6.33. The van der Waals surface area contributed by atoms with Crippen LogP contribution < -0.4 is 0 Å². The minimum atomic E-state index is 0.379. The summed E-state index contributed by atoms with van der Waals surface area (Å²) in [6, 6.07) is 12.2. The second-order valence-corrected chi connectivity index (χ2v) is 10.9. The summed E-state index contributed by atoms with van der Waals surface area (Å²) in [7, 11) is 0. The van der Waals surface area contributed by atoms with Gasteiger partial charge in [0.25, 0.3) is 0 Å². The Kier molecular flexibility index (Phi) is 7.63. The van der Waals surface area contributed by atoms with Crippen molar-refractivity contribution in [2.75, 3.05) is 6.54 Å². The maximum Gasteiger partial charge on any atom is 0.110 e. The highest BCUT2D eigenvalue weighted by atomic mass is 32.1. The SMILES string of the molecule is Cc1cc(C)cc([C@H]2CCCCN2C(=S)c2c(C(C)C)cc(C(C)C)cc2C(C)C)c1. The molecule has 3 rings (SSSR count). The summed E-state index contributed by atoms with van der Waals surface area (Å²) in [5.74, 6) is 1.43. The van der Waals surface area contributed by atoms with E-state index in [1.807, 2.05) is 0 Å². The number of rotatable bonds is 5. The largest absolute Gasteiger partial charge is 0.355 e. The fourth-order valence-corrected chi connectivity index (χ4v) is 5.52. The Bertz CT molecular complexity index is 888. The van der Waals surface area contributed by atoms with Crippen molar-refractivity contribution >= 4 is 17.2 Å². The van der Waals surface area contributed by atoms with Crippen molar-refractivity contribution in [1.29, 1.82) is 0 Å². The van der Waals surface area contributed by atoms with E-state index in [9.17, 15) is 0 Å². The Morgan fingerprint density at radius 1 is 0.806 bits per heavy atom. The summed E-state index contributed by atoms with van der Waals surface area (Å²) in [6.07, 6.45) is 3.68. The van der Waals surface area contributed by atoms with Gasteiger partial charge in [0, 0.05) is 12.1 Å². The van der Waals surface area contributed by atoms with Crippen LogP contribution in [0.4, 0.5) is 0 Å². The van der Waals surface area contributed by atoms with Crippen molar-refractivity contribution in [3.05, 3.63) is 69.3 Å². The Morgan fingerprint density at radius 3 is 1.84 bits per heavy atom. The quantitative estimate of drug-likeness (QED) is 0.433. The molecule has 1 fully saturated rings. The summed E-state index contributed by atoms with van der Waals surface area (Å²) in [4.78, 5) is 3.61. The van der Waals surface area contributed by atoms with E-state index in [-0.39, 0.29) is 0 Å². The van der Waals surface area contributed by atoms with Crippen LogP contribution in [0.3, 0.4) is 0 Å². The average Bonchev–Trinajstić information content (AvgIpc) is 2.71. The number of piperidine rings is 1. The molecule has 0 unspecified atom stereocenters. The summed E-state index contributed by atoms with van der Waals surface area (Å²) in [6.45, 7) is 19.3. The van der Waals surface area contributed by atoms with Gasteiger partial charge < -0.3 is 4.90 Å². The molecule has 1 aliphatic heterocycles. The normalized spacial score (nSPS) is 17.1. The van der Waals surface area contributed by atoms with E-state index < -0.39 is 0 Å². The topological polar surface area (TPSA) is 3.24 Å². The lowest BCUT2D eigenvalue weighted by atomic mass is 9.83. The maximum atomic E-state index is 6.33. The summed E-state index contributed by atoms with van der Waals surface area (Å²) in [5, 5.41) is 0. The second-order valence-electron chi connectivity index (χ2n) is 10.5. The van der Waals surface area contributed by atoms with Crippen LogP contribution in [-0.4, -0.2) is 16.4 Å². The minimum absolute atomic E-state index is 0.379. The third-order valence-electron chi connectivity index (χ3n) is 6.74. The third-order valence-corrected chi connectivity index (χ3v) is 7.18. The molecule has 0 saturated carbocycles. The van der Waals surface area contributed by atoms with Crippen LogP contribution in [-0.2, 0) is 0 Å². The molecular formula is C29H41NS. The summed E-state index contributed by atoms with van der Waals surface area (Å²) >= 11 is 6.33. The van der Waals surface area contributed by atoms with Crippen molar-refractivity contribution in [3.8, 4) is 0 Å². The number of hydrogen-bond acceptors (Lipinski definition) is 1. The van der Waals surface area contributed by atoms with E-state index in [1.54, 1.807) is 0 Å². The fourth-order valence-electron chi connectivity index (χ4n) is 5.07. The van der Waals surface area contributed by atoms with Gasteiger partial charge >= 0.3 is 0 Å². The first-order valence-corrected chi connectivity index (χ1v) is 12.6. The van der Waals surface area contributed by atoms with Gasteiger partial charge in [-0.3, -0.25) is 0 Å². The molecule has 2 heteroatoms. The van der Waals surface area contributed by atoms with Gasteiger partial charge in [-0.05, 0) is 73.1 Å². The van der Waals surface area contributed by atoms with E-state index in [0.29, 0.717) is 23.8 Å². The van der Waals surface area contributed by atoms with Gasteiger partial charge in [-0.1, -0.05) is 95.2 Å². The van der Waals surface area contributed by atoms with Gasteiger partial charge in [-0.25, -0.2) is 0 Å². The molecule has 2 aromatic carbocycles. The molecule has 168 valence electrons. The Labute approximate surface area is 196 Å². The predicted molar refractivity (Wildman–Crippen MR) is 140 cm³/mol. The zero-order chi connectivity index (χ0) is 22.9. The van der Waals surface area contributed by atoms with E-state index in [0.717, 1.165) is 11.5 Å². The Morgan fingerprint density at radius 2 is 1.35 bits per heavy atom. The van der Waals surface area contributed by atoms with Crippen molar-refractivity contribution in [2.24, 2.45) is 0 Å². The Hall–Kier alpha value is -1.67. The molecule has 1 aliphatic rings. The highest BCUT2D eigenvalue weighted by Crippen LogP contribution is 2.38. The van der Waals surface area contributed by atoms with Gasteiger partial charge in [0.1, 0.15) is 4.99 Å². The molecule has 0 radical (unpaired) electrons. The summed E-state index contributed by atoms with van der Waals surface area (Å²) < 4.78 is 0. The molecule has 1 nitrogen and oxygen atoms in total. The van der Waals surface area contributed by atoms with Crippen LogP contribution >= 0.6 is 12.2 Å². The number of likely N-dealkylation sites (tertiary alicyclic amines) is 1. The number of benzene rings is 2. The zero-order valence-corrected chi connectivity index (χ0v) is 21.7. The van der Waals surface area contributed by atoms with Crippen molar-refractivity contribution in [1.82, 2.24) is 4.90 Å². The first-order valence-electron chi connectivity index (χ1n) is 12.2. The lowest BCUT2D eigenvalue weighted by molar-refractivity contribution is 0.249. The predicted octanol–water partition coefficient (Wildman–Crippen LogP) is 8.58. The molecule has 0 bridgehead atoms. The number of thiocarbonyl (C=S) groups is 1. The van der Waals surface area contributed by atoms with Gasteiger partial charge in [-0.2, -0.15) is 0 Å². The van der Waals surface area contributed by atoms with Crippen molar-refractivity contribution < 1.29 is 0 Å². The van der Waals surface area contributed by atoms with E-state index >= 15 is 0 Å². The average molecular weight is 436 g/mol. The monoisotopic (exact) mass is 435 g/mol. The molecule has 2 aromatic rings. The number of aryl methyl sites for hydroxylation is 2. The third kappa shape index (κ3) is 5.22. The van der Waals surface area contributed by atoms with Gasteiger partial charge in [0.05, 0.1) is 6.04 Å². The standard InChI is InChI=1S/C29H41NS/c1-18(2)23-16-25(19(3)4)28(26(17-23)20(5)6)29(31)30-12-10-9-11-27(30)24-14-21(7)13-22(8)15-24/h13-20,27H,9-12H2,1-8H3/t27-/m1/s1. The molecule has 1 heterocycles. The van der Waals surface area contributed by atoms with Crippen LogP contribution in [0.25, 0.3) is 0 Å². The minimum Gasteiger partial charge on any atom is -0.355 e. The molecule has 1 atom stereocenters. The van der Waals surface area contributed by atoms with E-state index in [4.69, 9.17) is 12.2 Å². The van der Waals surface area contributed by atoms with Crippen LogP contribution in [0, 0.1) is 13.8 Å². The fraction of sp³-hybridized carbons (Fsp3) is 0.552. The smallest absolute Gasteiger partial charge is 0.110 e. The molecule has 0 amide bonds. The molecule has 0 spiro atoms. The molecule has 1 saturated heterocycles.